The summed E-state index contributed by atoms with van der Waals surface area (Å²) in [7, 11) is 0. The molecule has 1 amide bonds. The summed E-state index contributed by atoms with van der Waals surface area (Å²) in [6.07, 6.45) is 7.09. The summed E-state index contributed by atoms with van der Waals surface area (Å²) in [6.45, 7) is 1.70. The van der Waals surface area contributed by atoms with Gasteiger partial charge in [-0.2, -0.15) is 0 Å². The summed E-state index contributed by atoms with van der Waals surface area (Å²) in [5, 5.41) is 1.32. The second kappa shape index (κ2) is 6.44. The highest BCUT2D eigenvalue weighted by molar-refractivity contribution is 7.11. The topological polar surface area (TPSA) is 33.2 Å². The van der Waals surface area contributed by atoms with Gasteiger partial charge in [0.05, 0.1) is 10.7 Å². The average molecular weight is 326 g/mol. The number of rotatable bonds is 2. The Kier molecular flexibility index (Phi) is 4.17. The van der Waals surface area contributed by atoms with Crippen molar-refractivity contribution >= 4 is 17.2 Å². The Balaban J connectivity index is 1.41. The van der Waals surface area contributed by atoms with Gasteiger partial charge in [0.25, 0.3) is 5.91 Å². The maximum Gasteiger partial charge on any atom is 0.253 e. The fourth-order valence-corrected chi connectivity index (χ4v) is 4.96. The third kappa shape index (κ3) is 3.05. The minimum atomic E-state index is 0.169. The molecule has 0 bridgehead atoms. The van der Waals surface area contributed by atoms with Crippen LogP contribution in [0, 0.1) is 0 Å². The van der Waals surface area contributed by atoms with Gasteiger partial charge in [-0.3, -0.25) is 4.79 Å². The number of fused-ring (bicyclic) bond motifs is 1. The third-order valence-electron chi connectivity index (χ3n) is 5.01. The molecular formula is C19H22N2OS. The van der Waals surface area contributed by atoms with Gasteiger partial charge >= 0.3 is 0 Å². The SMILES string of the molecule is O=C(c1ccccc1)N1CCC(c2nc3c(s2)CCCC3)CC1. The number of hydrogen-bond acceptors (Lipinski definition) is 3. The number of aryl methyl sites for hydroxylation is 2. The van der Waals surface area contributed by atoms with Gasteiger partial charge in [-0.15, -0.1) is 11.3 Å². The Labute approximate surface area is 141 Å². The van der Waals surface area contributed by atoms with Crippen molar-refractivity contribution < 1.29 is 4.79 Å². The molecule has 4 rings (SSSR count). The fourth-order valence-electron chi connectivity index (χ4n) is 3.64. The molecule has 3 nitrogen and oxygen atoms in total. The highest BCUT2D eigenvalue weighted by Crippen LogP contribution is 2.35. The number of hydrogen-bond donors (Lipinski definition) is 0. The van der Waals surface area contributed by atoms with Gasteiger partial charge in [0.2, 0.25) is 0 Å². The summed E-state index contributed by atoms with van der Waals surface area (Å²) in [6, 6.07) is 9.62. The molecule has 0 N–H and O–H groups in total. The Bertz CT molecular complexity index is 663. The lowest BCUT2D eigenvalue weighted by Gasteiger charge is -2.31. The molecule has 1 aromatic heterocycles. The Hall–Kier alpha value is -1.68. The van der Waals surface area contributed by atoms with E-state index in [0.717, 1.165) is 37.9 Å². The third-order valence-corrected chi connectivity index (χ3v) is 6.33. The smallest absolute Gasteiger partial charge is 0.253 e. The van der Waals surface area contributed by atoms with E-state index >= 15 is 0 Å². The van der Waals surface area contributed by atoms with Gasteiger partial charge in [-0.05, 0) is 50.7 Å². The fraction of sp³-hybridized carbons (Fsp3) is 0.474. The van der Waals surface area contributed by atoms with Gasteiger partial charge < -0.3 is 4.90 Å². The summed E-state index contributed by atoms with van der Waals surface area (Å²) in [5.74, 6) is 0.716. The molecule has 23 heavy (non-hydrogen) atoms. The summed E-state index contributed by atoms with van der Waals surface area (Å²) in [4.78, 5) is 21.0. The van der Waals surface area contributed by atoms with Crippen LogP contribution in [0.1, 0.15) is 57.5 Å². The predicted molar refractivity (Wildman–Crippen MR) is 93.1 cm³/mol. The first-order valence-electron chi connectivity index (χ1n) is 8.64. The lowest BCUT2D eigenvalue weighted by Crippen LogP contribution is -2.37. The van der Waals surface area contributed by atoms with E-state index in [-0.39, 0.29) is 5.91 Å². The normalized spacial score (nSPS) is 18.7. The molecule has 0 saturated carbocycles. The van der Waals surface area contributed by atoms with Crippen LogP contribution in [0.3, 0.4) is 0 Å². The van der Waals surface area contributed by atoms with E-state index in [1.54, 1.807) is 0 Å². The number of nitrogens with zero attached hydrogens (tertiary/aromatic N) is 2. The molecule has 1 aliphatic heterocycles. The predicted octanol–water partition coefficient (Wildman–Crippen LogP) is 4.04. The molecule has 1 fully saturated rings. The van der Waals surface area contributed by atoms with Crippen molar-refractivity contribution in [1.29, 1.82) is 0 Å². The highest BCUT2D eigenvalue weighted by atomic mass is 32.1. The minimum absolute atomic E-state index is 0.169. The van der Waals surface area contributed by atoms with Crippen LogP contribution in [0.2, 0.25) is 0 Å². The quantitative estimate of drug-likeness (QED) is 0.834. The molecule has 2 aliphatic rings. The second-order valence-corrected chi connectivity index (χ2v) is 7.68. The molecule has 1 aliphatic carbocycles. The zero-order valence-corrected chi connectivity index (χ0v) is 14.1. The first kappa shape index (κ1) is 14.9. The zero-order valence-electron chi connectivity index (χ0n) is 13.3. The van der Waals surface area contributed by atoms with Crippen molar-refractivity contribution in [3.05, 3.63) is 51.5 Å². The van der Waals surface area contributed by atoms with Gasteiger partial charge in [0.15, 0.2) is 0 Å². The van der Waals surface area contributed by atoms with Crippen LogP contribution in [0.5, 0.6) is 0 Å². The average Bonchev–Trinajstić information content (AvgIpc) is 3.06. The van der Waals surface area contributed by atoms with E-state index in [9.17, 15) is 4.79 Å². The lowest BCUT2D eigenvalue weighted by molar-refractivity contribution is 0.0713. The molecule has 0 unspecified atom stereocenters. The van der Waals surface area contributed by atoms with Crippen molar-refractivity contribution in [3.8, 4) is 0 Å². The molecule has 1 aromatic carbocycles. The van der Waals surface area contributed by atoms with Crippen molar-refractivity contribution in [2.45, 2.75) is 44.4 Å². The van der Waals surface area contributed by atoms with Crippen LogP contribution >= 0.6 is 11.3 Å². The molecule has 1 saturated heterocycles. The standard InChI is InChI=1S/C19H22N2OS/c22-19(15-6-2-1-3-7-15)21-12-10-14(11-13-21)18-20-16-8-4-5-9-17(16)23-18/h1-3,6-7,14H,4-5,8-13H2. The van der Waals surface area contributed by atoms with Crippen LogP contribution in [-0.2, 0) is 12.8 Å². The van der Waals surface area contributed by atoms with Crippen LogP contribution in [-0.4, -0.2) is 28.9 Å². The summed E-state index contributed by atoms with van der Waals surface area (Å²) < 4.78 is 0. The monoisotopic (exact) mass is 326 g/mol. The van der Waals surface area contributed by atoms with Crippen molar-refractivity contribution in [2.75, 3.05) is 13.1 Å². The van der Waals surface area contributed by atoms with Crippen LogP contribution in [0.25, 0.3) is 0 Å². The Morgan fingerprint density at radius 3 is 2.57 bits per heavy atom. The first-order chi connectivity index (χ1) is 11.3. The summed E-state index contributed by atoms with van der Waals surface area (Å²) in [5.41, 5.74) is 2.16. The molecule has 0 radical (unpaired) electrons. The largest absolute Gasteiger partial charge is 0.339 e. The minimum Gasteiger partial charge on any atom is -0.339 e. The van der Waals surface area contributed by atoms with Gasteiger partial charge in [-0.25, -0.2) is 4.98 Å². The maximum absolute atomic E-state index is 12.5. The summed E-state index contributed by atoms with van der Waals surface area (Å²) >= 11 is 1.93. The van der Waals surface area contributed by atoms with Crippen LogP contribution in [0.4, 0.5) is 0 Å². The molecule has 0 spiro atoms. The number of thiazole rings is 1. The van der Waals surface area contributed by atoms with Gasteiger partial charge in [-0.1, -0.05) is 18.2 Å². The van der Waals surface area contributed by atoms with Gasteiger partial charge in [0.1, 0.15) is 0 Å². The van der Waals surface area contributed by atoms with Gasteiger partial charge in [0, 0.05) is 29.4 Å². The number of benzene rings is 1. The van der Waals surface area contributed by atoms with Crippen LogP contribution in [0.15, 0.2) is 30.3 Å². The molecule has 2 heterocycles. The number of aromatic nitrogens is 1. The van der Waals surface area contributed by atoms with E-state index in [1.807, 2.05) is 46.6 Å². The number of carbonyl (C=O) groups excluding carboxylic acids is 1. The molecule has 120 valence electrons. The number of carbonyl (C=O) groups is 1. The van der Waals surface area contributed by atoms with E-state index in [1.165, 1.54) is 34.8 Å². The van der Waals surface area contributed by atoms with Crippen LogP contribution < -0.4 is 0 Å². The van der Waals surface area contributed by atoms with E-state index < -0.39 is 0 Å². The Morgan fingerprint density at radius 2 is 1.83 bits per heavy atom. The van der Waals surface area contributed by atoms with E-state index in [2.05, 4.69) is 0 Å². The van der Waals surface area contributed by atoms with E-state index in [4.69, 9.17) is 4.98 Å². The number of piperidine rings is 1. The van der Waals surface area contributed by atoms with E-state index in [0.29, 0.717) is 5.92 Å². The first-order valence-corrected chi connectivity index (χ1v) is 9.46. The molecule has 0 atom stereocenters. The molecule has 4 heteroatoms. The van der Waals surface area contributed by atoms with Crippen molar-refractivity contribution in [1.82, 2.24) is 9.88 Å². The lowest BCUT2D eigenvalue weighted by atomic mass is 9.96. The highest BCUT2D eigenvalue weighted by Gasteiger charge is 2.27. The zero-order chi connectivity index (χ0) is 15.6. The van der Waals surface area contributed by atoms with Crippen molar-refractivity contribution in [2.24, 2.45) is 0 Å². The molecular weight excluding hydrogens is 304 g/mol. The maximum atomic E-state index is 12.5. The number of amides is 1. The second-order valence-electron chi connectivity index (χ2n) is 6.56. The molecule has 2 aromatic rings. The number of likely N-dealkylation sites (tertiary alicyclic amines) is 1. The Morgan fingerprint density at radius 1 is 1.09 bits per heavy atom. The van der Waals surface area contributed by atoms with Crippen molar-refractivity contribution in [3.63, 3.8) is 0 Å².